The van der Waals surface area contributed by atoms with Crippen LogP contribution >= 0.6 is 0 Å². The molecule has 1 aliphatic rings. The molecule has 1 saturated heterocycles. The van der Waals surface area contributed by atoms with Crippen molar-refractivity contribution in [3.05, 3.63) is 108 Å². The standard InChI is InChI=1S/C31H30N4O4/c1-38-26-16-14-23(15-17-26)30(36)33-28(31(37)32-20-27-13-8-18-39-27)19-24-21-35(25-11-6-3-7-12-25)34-29(24)22-9-4-2-5-10-22/h2-7,9-12,14-17,19,21,27H,8,13,18,20H2,1H3,(H,32,37)(H,33,36). The Morgan fingerprint density at radius 1 is 1.03 bits per heavy atom. The minimum atomic E-state index is -0.409. The van der Waals surface area contributed by atoms with Gasteiger partial charge in [-0.1, -0.05) is 48.5 Å². The van der Waals surface area contributed by atoms with Crippen LogP contribution in [0.5, 0.6) is 5.75 Å². The predicted octanol–water partition coefficient (Wildman–Crippen LogP) is 4.61. The molecule has 1 aromatic heterocycles. The zero-order valence-corrected chi connectivity index (χ0v) is 21.7. The molecular weight excluding hydrogens is 492 g/mol. The number of nitrogens with zero attached hydrogens (tertiary/aromatic N) is 2. The molecule has 198 valence electrons. The van der Waals surface area contributed by atoms with Gasteiger partial charge in [-0.2, -0.15) is 5.10 Å². The van der Waals surface area contributed by atoms with Crippen molar-refractivity contribution in [2.24, 2.45) is 0 Å². The Morgan fingerprint density at radius 3 is 2.41 bits per heavy atom. The number of hydrogen-bond donors (Lipinski definition) is 2. The third-order valence-electron chi connectivity index (χ3n) is 6.47. The topological polar surface area (TPSA) is 94.5 Å². The first-order chi connectivity index (χ1) is 19.1. The van der Waals surface area contributed by atoms with Crippen molar-refractivity contribution >= 4 is 17.9 Å². The molecule has 2 amide bonds. The Bertz CT molecular complexity index is 1440. The first kappa shape index (κ1) is 25.9. The number of methoxy groups -OCH3 is 1. The van der Waals surface area contributed by atoms with E-state index in [1.807, 2.05) is 66.9 Å². The second-order valence-corrected chi connectivity index (χ2v) is 9.16. The Hall–Kier alpha value is -4.69. The third kappa shape index (κ3) is 6.42. The maximum atomic E-state index is 13.4. The molecule has 1 aliphatic heterocycles. The molecule has 2 N–H and O–H groups in total. The summed E-state index contributed by atoms with van der Waals surface area (Å²) < 4.78 is 12.6. The monoisotopic (exact) mass is 522 g/mol. The number of carbonyl (C=O) groups is 2. The molecule has 0 saturated carbocycles. The summed E-state index contributed by atoms with van der Waals surface area (Å²) in [5, 5.41) is 10.6. The van der Waals surface area contributed by atoms with Crippen molar-refractivity contribution in [2.45, 2.75) is 18.9 Å². The number of benzene rings is 3. The van der Waals surface area contributed by atoms with E-state index in [9.17, 15) is 9.59 Å². The number of hydrogen-bond acceptors (Lipinski definition) is 5. The lowest BCUT2D eigenvalue weighted by Crippen LogP contribution is -2.38. The van der Waals surface area contributed by atoms with Gasteiger partial charge in [-0.25, -0.2) is 4.68 Å². The second kappa shape index (κ2) is 12.2. The Labute approximate surface area is 227 Å². The van der Waals surface area contributed by atoms with Gasteiger partial charge in [-0.05, 0) is 55.3 Å². The van der Waals surface area contributed by atoms with E-state index >= 15 is 0 Å². The molecule has 5 rings (SSSR count). The van der Waals surface area contributed by atoms with Gasteiger partial charge in [0, 0.05) is 36.0 Å². The Morgan fingerprint density at radius 2 is 1.74 bits per heavy atom. The summed E-state index contributed by atoms with van der Waals surface area (Å²) in [5.41, 5.74) is 3.64. The van der Waals surface area contributed by atoms with Gasteiger partial charge >= 0.3 is 0 Å². The van der Waals surface area contributed by atoms with E-state index in [-0.39, 0.29) is 11.8 Å². The minimum absolute atomic E-state index is 0.0341. The zero-order valence-electron chi connectivity index (χ0n) is 21.7. The van der Waals surface area contributed by atoms with Crippen LogP contribution in [-0.4, -0.2) is 48.0 Å². The molecule has 0 radical (unpaired) electrons. The molecule has 8 heteroatoms. The molecular formula is C31H30N4O4. The zero-order chi connectivity index (χ0) is 27.0. The van der Waals surface area contributed by atoms with Gasteiger partial charge in [0.05, 0.1) is 18.9 Å². The van der Waals surface area contributed by atoms with Crippen LogP contribution in [0.2, 0.25) is 0 Å². The predicted molar refractivity (Wildman–Crippen MR) is 149 cm³/mol. The van der Waals surface area contributed by atoms with Gasteiger partial charge in [-0.3, -0.25) is 9.59 Å². The van der Waals surface area contributed by atoms with E-state index in [0.717, 1.165) is 24.1 Å². The molecule has 3 aromatic carbocycles. The highest BCUT2D eigenvalue weighted by atomic mass is 16.5. The van der Waals surface area contributed by atoms with Crippen LogP contribution in [0.25, 0.3) is 23.0 Å². The molecule has 2 heterocycles. The summed E-state index contributed by atoms with van der Waals surface area (Å²) in [6.45, 7) is 1.06. The second-order valence-electron chi connectivity index (χ2n) is 9.16. The van der Waals surface area contributed by atoms with Crippen molar-refractivity contribution < 1.29 is 19.1 Å². The van der Waals surface area contributed by atoms with Crippen molar-refractivity contribution in [1.82, 2.24) is 20.4 Å². The number of ether oxygens (including phenoxy) is 2. The highest BCUT2D eigenvalue weighted by Crippen LogP contribution is 2.26. The lowest BCUT2D eigenvalue weighted by molar-refractivity contribution is -0.118. The van der Waals surface area contributed by atoms with E-state index in [2.05, 4.69) is 10.6 Å². The van der Waals surface area contributed by atoms with Gasteiger partial charge in [-0.15, -0.1) is 0 Å². The summed E-state index contributed by atoms with van der Waals surface area (Å²) in [5.74, 6) is -0.177. The van der Waals surface area contributed by atoms with E-state index in [1.54, 1.807) is 42.1 Å². The molecule has 1 fully saturated rings. The normalized spacial score (nSPS) is 15.1. The maximum Gasteiger partial charge on any atom is 0.267 e. The minimum Gasteiger partial charge on any atom is -0.497 e. The molecule has 1 unspecified atom stereocenters. The fraction of sp³-hybridized carbons (Fsp3) is 0.194. The van der Waals surface area contributed by atoms with Gasteiger partial charge in [0.1, 0.15) is 17.1 Å². The van der Waals surface area contributed by atoms with Crippen molar-refractivity contribution in [1.29, 1.82) is 0 Å². The lowest BCUT2D eigenvalue weighted by atomic mass is 10.1. The van der Waals surface area contributed by atoms with E-state index in [4.69, 9.17) is 14.6 Å². The van der Waals surface area contributed by atoms with E-state index < -0.39 is 11.8 Å². The SMILES string of the molecule is COc1ccc(C(=O)NC(=Cc2cn(-c3ccccc3)nc2-c2ccccc2)C(=O)NCC2CCCO2)cc1. The largest absolute Gasteiger partial charge is 0.497 e. The molecule has 0 bridgehead atoms. The van der Waals surface area contributed by atoms with Crippen LogP contribution in [0.3, 0.4) is 0 Å². The van der Waals surface area contributed by atoms with E-state index in [1.165, 1.54) is 0 Å². The molecule has 0 aliphatic carbocycles. The summed E-state index contributed by atoms with van der Waals surface area (Å²) in [6, 6.07) is 26.2. The smallest absolute Gasteiger partial charge is 0.267 e. The van der Waals surface area contributed by atoms with Crippen LogP contribution in [0.1, 0.15) is 28.8 Å². The Balaban J connectivity index is 1.51. The quantitative estimate of drug-likeness (QED) is 0.313. The van der Waals surface area contributed by atoms with Gasteiger partial charge in [0.25, 0.3) is 11.8 Å². The fourth-order valence-corrected chi connectivity index (χ4v) is 4.38. The summed E-state index contributed by atoms with van der Waals surface area (Å²) in [6.07, 6.45) is 5.34. The molecule has 0 spiro atoms. The number of rotatable bonds is 9. The van der Waals surface area contributed by atoms with Crippen molar-refractivity contribution in [3.63, 3.8) is 0 Å². The highest BCUT2D eigenvalue weighted by Gasteiger charge is 2.21. The van der Waals surface area contributed by atoms with Crippen LogP contribution in [-0.2, 0) is 9.53 Å². The van der Waals surface area contributed by atoms with Gasteiger partial charge < -0.3 is 20.1 Å². The van der Waals surface area contributed by atoms with E-state index in [0.29, 0.717) is 35.7 Å². The number of para-hydroxylation sites is 1. The number of aromatic nitrogens is 2. The molecule has 1 atom stereocenters. The average Bonchev–Trinajstić information content (AvgIpc) is 3.67. The average molecular weight is 523 g/mol. The van der Waals surface area contributed by atoms with Crippen molar-refractivity contribution in [3.8, 4) is 22.7 Å². The molecule has 39 heavy (non-hydrogen) atoms. The number of amides is 2. The summed E-state index contributed by atoms with van der Waals surface area (Å²) in [4.78, 5) is 26.6. The van der Waals surface area contributed by atoms with Crippen LogP contribution in [0.15, 0.2) is 96.8 Å². The summed E-state index contributed by atoms with van der Waals surface area (Å²) >= 11 is 0. The van der Waals surface area contributed by atoms with Crippen molar-refractivity contribution in [2.75, 3.05) is 20.3 Å². The molecule has 4 aromatic rings. The fourth-order valence-electron chi connectivity index (χ4n) is 4.38. The molecule has 8 nitrogen and oxygen atoms in total. The first-order valence-electron chi connectivity index (χ1n) is 12.9. The third-order valence-corrected chi connectivity index (χ3v) is 6.47. The maximum absolute atomic E-state index is 13.4. The van der Waals surface area contributed by atoms with Gasteiger partial charge in [0.2, 0.25) is 0 Å². The summed E-state index contributed by atoms with van der Waals surface area (Å²) in [7, 11) is 1.56. The van der Waals surface area contributed by atoms with Gasteiger partial charge in [0.15, 0.2) is 0 Å². The van der Waals surface area contributed by atoms with Crippen LogP contribution in [0, 0.1) is 0 Å². The van der Waals surface area contributed by atoms with Crippen LogP contribution < -0.4 is 15.4 Å². The lowest BCUT2D eigenvalue weighted by Gasteiger charge is -2.14. The highest BCUT2D eigenvalue weighted by molar-refractivity contribution is 6.05. The van der Waals surface area contributed by atoms with Crippen LogP contribution in [0.4, 0.5) is 0 Å². The Kier molecular flexibility index (Phi) is 8.14. The first-order valence-corrected chi connectivity index (χ1v) is 12.9. The number of nitrogens with one attached hydrogen (secondary N) is 2. The number of carbonyl (C=O) groups excluding carboxylic acids is 2.